The minimum Gasteiger partial charge on any atom is -0.395 e. The van der Waals surface area contributed by atoms with Crippen LogP contribution >= 0.6 is 0 Å². The van der Waals surface area contributed by atoms with Crippen molar-refractivity contribution in [1.29, 1.82) is 0 Å². The van der Waals surface area contributed by atoms with Crippen LogP contribution in [0, 0.1) is 0 Å². The van der Waals surface area contributed by atoms with Crippen molar-refractivity contribution in [3.63, 3.8) is 0 Å². The van der Waals surface area contributed by atoms with Gasteiger partial charge in [0.15, 0.2) is 0 Å². The zero-order valence-corrected chi connectivity index (χ0v) is 9.43. The highest BCUT2D eigenvalue weighted by molar-refractivity contribution is 5.96. The van der Waals surface area contributed by atoms with Gasteiger partial charge in [-0.2, -0.15) is 0 Å². The van der Waals surface area contributed by atoms with Crippen LogP contribution in [-0.2, 0) is 6.61 Å². The Morgan fingerprint density at radius 1 is 1.06 bits per heavy atom. The number of aliphatic hydroxyl groups is 2. The van der Waals surface area contributed by atoms with E-state index in [1.807, 2.05) is 30.4 Å². The van der Waals surface area contributed by atoms with Crippen molar-refractivity contribution >= 4 is 16.8 Å². The van der Waals surface area contributed by atoms with Crippen LogP contribution < -0.4 is 0 Å². The average molecular weight is 226 g/mol. The summed E-state index contributed by atoms with van der Waals surface area (Å²) in [5.41, 5.74) is 3.18. The van der Waals surface area contributed by atoms with Gasteiger partial charge in [0.25, 0.3) is 0 Å². The second-order valence-corrected chi connectivity index (χ2v) is 4.39. The Kier molecular flexibility index (Phi) is 2.46. The van der Waals surface area contributed by atoms with Crippen molar-refractivity contribution in [2.75, 3.05) is 6.61 Å². The van der Waals surface area contributed by atoms with Crippen LogP contribution in [0.5, 0.6) is 0 Å². The molecular formula is C15H14O2. The number of aliphatic hydroxyl groups excluding tert-OH is 2. The quantitative estimate of drug-likeness (QED) is 0.825. The molecule has 0 heterocycles. The molecule has 2 nitrogen and oxygen atoms in total. The Balaban J connectivity index is 2.39. The number of benzene rings is 2. The molecule has 1 unspecified atom stereocenters. The van der Waals surface area contributed by atoms with Crippen molar-refractivity contribution < 1.29 is 10.2 Å². The van der Waals surface area contributed by atoms with Gasteiger partial charge in [-0.3, -0.25) is 0 Å². The SMILES string of the molecule is OCc1ccc2cccc3c2c1C=CC3CO. The van der Waals surface area contributed by atoms with Gasteiger partial charge in [0.1, 0.15) is 0 Å². The van der Waals surface area contributed by atoms with Crippen molar-refractivity contribution in [2.45, 2.75) is 12.5 Å². The second kappa shape index (κ2) is 3.99. The van der Waals surface area contributed by atoms with Crippen LogP contribution in [-0.4, -0.2) is 16.8 Å². The van der Waals surface area contributed by atoms with Crippen molar-refractivity contribution in [3.05, 3.63) is 53.1 Å². The van der Waals surface area contributed by atoms with E-state index in [1.165, 1.54) is 5.39 Å². The average Bonchev–Trinajstić information content (AvgIpc) is 2.40. The van der Waals surface area contributed by atoms with Gasteiger partial charge < -0.3 is 10.2 Å². The van der Waals surface area contributed by atoms with Gasteiger partial charge in [0.2, 0.25) is 0 Å². The van der Waals surface area contributed by atoms with E-state index in [1.54, 1.807) is 0 Å². The molecule has 3 rings (SSSR count). The molecule has 0 saturated carbocycles. The van der Waals surface area contributed by atoms with Crippen LogP contribution in [0.25, 0.3) is 16.8 Å². The predicted molar refractivity (Wildman–Crippen MR) is 68.7 cm³/mol. The molecule has 0 fully saturated rings. The van der Waals surface area contributed by atoms with Gasteiger partial charge in [-0.25, -0.2) is 0 Å². The fourth-order valence-corrected chi connectivity index (χ4v) is 2.59. The maximum absolute atomic E-state index is 9.39. The highest BCUT2D eigenvalue weighted by Gasteiger charge is 2.18. The summed E-state index contributed by atoms with van der Waals surface area (Å²) in [4.78, 5) is 0. The fraction of sp³-hybridized carbons (Fsp3) is 0.200. The minimum atomic E-state index is 0.0493. The van der Waals surface area contributed by atoms with Gasteiger partial charge in [-0.05, 0) is 27.5 Å². The first-order valence-electron chi connectivity index (χ1n) is 5.79. The normalized spacial score (nSPS) is 17.6. The predicted octanol–water partition coefficient (Wildman–Crippen LogP) is 2.43. The van der Waals surface area contributed by atoms with Crippen LogP contribution in [0.3, 0.4) is 0 Å². The van der Waals surface area contributed by atoms with E-state index in [-0.39, 0.29) is 19.1 Å². The van der Waals surface area contributed by atoms with E-state index in [0.29, 0.717) is 0 Å². The first-order valence-corrected chi connectivity index (χ1v) is 5.79. The number of hydrogen-bond acceptors (Lipinski definition) is 2. The van der Waals surface area contributed by atoms with E-state index in [0.717, 1.165) is 22.1 Å². The highest BCUT2D eigenvalue weighted by Crippen LogP contribution is 2.36. The summed E-state index contributed by atoms with van der Waals surface area (Å²) in [6.07, 6.45) is 4.03. The Morgan fingerprint density at radius 3 is 2.71 bits per heavy atom. The van der Waals surface area contributed by atoms with Gasteiger partial charge in [-0.15, -0.1) is 0 Å². The lowest BCUT2D eigenvalue weighted by Crippen LogP contribution is -2.06. The molecule has 86 valence electrons. The molecule has 1 aliphatic rings. The topological polar surface area (TPSA) is 40.5 Å². The summed E-state index contributed by atoms with van der Waals surface area (Å²) in [5.74, 6) is 0.0696. The number of hydrogen-bond donors (Lipinski definition) is 2. The molecule has 0 saturated heterocycles. The molecule has 0 radical (unpaired) electrons. The molecule has 2 aromatic rings. The molecule has 2 aromatic carbocycles. The molecule has 2 heteroatoms. The van der Waals surface area contributed by atoms with E-state index in [4.69, 9.17) is 0 Å². The molecule has 1 aliphatic carbocycles. The third-order valence-corrected chi connectivity index (χ3v) is 3.47. The van der Waals surface area contributed by atoms with Gasteiger partial charge >= 0.3 is 0 Å². The lowest BCUT2D eigenvalue weighted by atomic mass is 9.84. The summed E-state index contributed by atoms with van der Waals surface area (Å²) in [5, 5.41) is 21.1. The third kappa shape index (κ3) is 1.49. The summed E-state index contributed by atoms with van der Waals surface area (Å²) >= 11 is 0. The maximum atomic E-state index is 9.39. The summed E-state index contributed by atoms with van der Waals surface area (Å²) < 4.78 is 0. The molecule has 0 spiro atoms. The monoisotopic (exact) mass is 226 g/mol. The standard InChI is InChI=1S/C15H14O2/c16-8-11-5-4-10-2-1-3-13-12(9-17)6-7-14(11)15(10)13/h1-7,12,16-17H,8-9H2. The highest BCUT2D eigenvalue weighted by atomic mass is 16.3. The first-order chi connectivity index (χ1) is 8.35. The summed E-state index contributed by atoms with van der Waals surface area (Å²) in [7, 11) is 0. The zero-order valence-electron chi connectivity index (χ0n) is 9.43. The van der Waals surface area contributed by atoms with Crippen LogP contribution in [0.15, 0.2) is 36.4 Å². The van der Waals surface area contributed by atoms with Crippen molar-refractivity contribution in [1.82, 2.24) is 0 Å². The Morgan fingerprint density at radius 2 is 1.94 bits per heavy atom. The molecule has 2 N–H and O–H groups in total. The van der Waals surface area contributed by atoms with E-state index in [9.17, 15) is 10.2 Å². The van der Waals surface area contributed by atoms with Crippen molar-refractivity contribution in [2.24, 2.45) is 0 Å². The lowest BCUT2D eigenvalue weighted by Gasteiger charge is -2.21. The number of rotatable bonds is 2. The molecular weight excluding hydrogens is 212 g/mol. The van der Waals surface area contributed by atoms with Gasteiger partial charge in [0.05, 0.1) is 13.2 Å². The Labute approximate surface area is 99.8 Å². The molecule has 0 amide bonds. The first kappa shape index (κ1) is 10.5. The second-order valence-electron chi connectivity index (χ2n) is 4.39. The Hall–Kier alpha value is -1.64. The van der Waals surface area contributed by atoms with Crippen LogP contribution in [0.2, 0.25) is 0 Å². The van der Waals surface area contributed by atoms with Gasteiger partial charge in [0, 0.05) is 5.92 Å². The van der Waals surface area contributed by atoms with E-state index < -0.39 is 0 Å². The molecule has 0 aliphatic heterocycles. The lowest BCUT2D eigenvalue weighted by molar-refractivity contribution is 0.281. The van der Waals surface area contributed by atoms with E-state index in [2.05, 4.69) is 12.1 Å². The van der Waals surface area contributed by atoms with Crippen LogP contribution in [0.1, 0.15) is 22.6 Å². The zero-order chi connectivity index (χ0) is 11.8. The molecule has 0 bridgehead atoms. The van der Waals surface area contributed by atoms with Crippen molar-refractivity contribution in [3.8, 4) is 0 Å². The smallest absolute Gasteiger partial charge is 0.0687 e. The van der Waals surface area contributed by atoms with E-state index >= 15 is 0 Å². The molecule has 17 heavy (non-hydrogen) atoms. The minimum absolute atomic E-state index is 0.0493. The summed E-state index contributed by atoms with van der Waals surface area (Å²) in [6, 6.07) is 10.1. The largest absolute Gasteiger partial charge is 0.395 e. The third-order valence-electron chi connectivity index (χ3n) is 3.47. The van der Waals surface area contributed by atoms with Gasteiger partial charge in [-0.1, -0.05) is 42.5 Å². The Bertz CT molecular complexity index is 599. The molecule has 1 atom stereocenters. The maximum Gasteiger partial charge on any atom is 0.0687 e. The fourth-order valence-electron chi connectivity index (χ4n) is 2.59. The van der Waals surface area contributed by atoms with Crippen LogP contribution in [0.4, 0.5) is 0 Å². The molecule has 0 aromatic heterocycles. The summed E-state index contributed by atoms with van der Waals surface area (Å²) in [6.45, 7) is 0.173.